The van der Waals surface area contributed by atoms with Crippen molar-refractivity contribution in [2.45, 2.75) is 25.4 Å². The van der Waals surface area contributed by atoms with Crippen molar-refractivity contribution in [3.8, 4) is 0 Å². The van der Waals surface area contributed by atoms with Crippen LogP contribution in [0.4, 0.5) is 0 Å². The van der Waals surface area contributed by atoms with Gasteiger partial charge in [-0.25, -0.2) is 0 Å². The number of nitrogens with zero attached hydrogens (tertiary/aromatic N) is 2. The lowest BCUT2D eigenvalue weighted by Crippen LogP contribution is -2.32. The fourth-order valence-corrected chi connectivity index (χ4v) is 2.39. The van der Waals surface area contributed by atoms with Crippen molar-refractivity contribution in [3.63, 3.8) is 0 Å². The summed E-state index contributed by atoms with van der Waals surface area (Å²) in [5, 5.41) is 10.5. The first-order valence-corrected chi connectivity index (χ1v) is 6.89. The van der Waals surface area contributed by atoms with Crippen molar-refractivity contribution in [1.29, 1.82) is 0 Å². The maximum Gasteiger partial charge on any atom is 0.272 e. The smallest absolute Gasteiger partial charge is 0.272 e. The van der Waals surface area contributed by atoms with Crippen LogP contribution in [0.25, 0.3) is 0 Å². The average molecular weight is 311 g/mol. The first-order valence-electron chi connectivity index (χ1n) is 6.89. The Morgan fingerprint density at radius 3 is 3.14 bits per heavy atom. The van der Waals surface area contributed by atoms with Crippen LogP contribution in [-0.2, 0) is 6.54 Å². The van der Waals surface area contributed by atoms with Crippen LogP contribution in [0.15, 0.2) is 35.1 Å². The lowest BCUT2D eigenvalue weighted by Gasteiger charge is -2.22. The molecule has 3 heterocycles. The van der Waals surface area contributed by atoms with Crippen molar-refractivity contribution >= 4 is 18.3 Å². The summed E-state index contributed by atoms with van der Waals surface area (Å²) in [5.41, 5.74) is 0.446. The summed E-state index contributed by atoms with van der Waals surface area (Å²) in [7, 11) is 0. The zero-order chi connectivity index (χ0) is 13.8. The minimum absolute atomic E-state index is 0. The highest BCUT2D eigenvalue weighted by atomic mass is 35.5. The van der Waals surface area contributed by atoms with Gasteiger partial charge in [-0.3, -0.25) is 9.48 Å². The van der Waals surface area contributed by atoms with Crippen LogP contribution in [0.2, 0.25) is 0 Å². The topological polar surface area (TPSA) is 72.1 Å². The molecule has 0 saturated carbocycles. The monoisotopic (exact) mass is 310 g/mol. The summed E-state index contributed by atoms with van der Waals surface area (Å²) in [4.78, 5) is 12.0. The molecule has 0 spiro atoms. The molecule has 0 aliphatic carbocycles. The molecule has 1 unspecified atom stereocenters. The van der Waals surface area contributed by atoms with Crippen LogP contribution >= 0.6 is 12.4 Å². The summed E-state index contributed by atoms with van der Waals surface area (Å²) in [5.74, 6) is 0.554. The summed E-state index contributed by atoms with van der Waals surface area (Å²) in [6, 6.07) is 5.72. The number of hydrogen-bond acceptors (Lipinski definition) is 4. The molecule has 0 aromatic carbocycles. The van der Waals surface area contributed by atoms with Crippen LogP contribution in [0, 0.1) is 0 Å². The van der Waals surface area contributed by atoms with Crippen molar-refractivity contribution < 1.29 is 9.21 Å². The largest absolute Gasteiger partial charge is 0.467 e. The number of nitrogens with one attached hydrogen (secondary N) is 2. The minimum atomic E-state index is -0.177. The Kier molecular flexibility index (Phi) is 5.41. The molecule has 2 aromatic rings. The van der Waals surface area contributed by atoms with Gasteiger partial charge in [-0.15, -0.1) is 12.4 Å². The van der Waals surface area contributed by atoms with Crippen LogP contribution in [0.3, 0.4) is 0 Å². The highest BCUT2D eigenvalue weighted by Gasteiger charge is 2.17. The van der Waals surface area contributed by atoms with E-state index >= 15 is 0 Å². The van der Waals surface area contributed by atoms with Crippen molar-refractivity contribution in [3.05, 3.63) is 42.1 Å². The second-order valence-corrected chi connectivity index (χ2v) is 4.94. The Balaban J connectivity index is 0.00000161. The summed E-state index contributed by atoms with van der Waals surface area (Å²) in [6.45, 7) is 2.35. The number of halogens is 1. The first-order chi connectivity index (χ1) is 9.83. The van der Waals surface area contributed by atoms with E-state index in [1.54, 1.807) is 18.4 Å². The maximum absolute atomic E-state index is 12.0. The lowest BCUT2D eigenvalue weighted by molar-refractivity contribution is 0.0941. The van der Waals surface area contributed by atoms with E-state index < -0.39 is 0 Å². The summed E-state index contributed by atoms with van der Waals surface area (Å²) >= 11 is 0. The normalized spacial score (nSPS) is 18.0. The van der Waals surface area contributed by atoms with Crippen LogP contribution in [0.1, 0.15) is 35.1 Å². The third kappa shape index (κ3) is 3.86. The first kappa shape index (κ1) is 15.6. The number of furan rings is 1. The van der Waals surface area contributed by atoms with E-state index in [-0.39, 0.29) is 18.3 Å². The van der Waals surface area contributed by atoms with Crippen molar-refractivity contribution in [1.82, 2.24) is 20.4 Å². The predicted molar refractivity (Wildman–Crippen MR) is 80.5 cm³/mol. The van der Waals surface area contributed by atoms with Gasteiger partial charge in [-0.2, -0.15) is 5.10 Å². The molecule has 1 aliphatic rings. The third-order valence-electron chi connectivity index (χ3n) is 3.49. The van der Waals surface area contributed by atoms with Gasteiger partial charge in [0.1, 0.15) is 11.5 Å². The maximum atomic E-state index is 12.0. The van der Waals surface area contributed by atoms with Gasteiger partial charge >= 0.3 is 0 Å². The number of carbonyl (C=O) groups is 1. The lowest BCUT2D eigenvalue weighted by atomic mass is 10.1. The second kappa shape index (κ2) is 7.28. The number of aromatic nitrogens is 2. The molecule has 2 N–H and O–H groups in total. The Morgan fingerprint density at radius 1 is 1.52 bits per heavy atom. The van der Waals surface area contributed by atoms with Crippen molar-refractivity contribution in [2.75, 3.05) is 13.1 Å². The van der Waals surface area contributed by atoms with Gasteiger partial charge in [0, 0.05) is 12.7 Å². The minimum Gasteiger partial charge on any atom is -0.467 e. The molecule has 2 aromatic heterocycles. The number of piperidine rings is 1. The average Bonchev–Trinajstić information content (AvgIpc) is 3.17. The Bertz CT molecular complexity index is 561. The number of amides is 1. The number of carbonyl (C=O) groups excluding carboxylic acids is 1. The highest BCUT2D eigenvalue weighted by molar-refractivity contribution is 5.92. The van der Waals surface area contributed by atoms with E-state index in [1.807, 2.05) is 16.9 Å². The Labute approximate surface area is 129 Å². The van der Waals surface area contributed by atoms with Gasteiger partial charge in [0.2, 0.25) is 0 Å². The van der Waals surface area contributed by atoms with Gasteiger partial charge in [0.15, 0.2) is 0 Å². The molecule has 1 amide bonds. The van der Waals surface area contributed by atoms with E-state index in [2.05, 4.69) is 15.7 Å². The molecule has 114 valence electrons. The van der Waals surface area contributed by atoms with E-state index in [9.17, 15) is 4.79 Å². The SMILES string of the molecule is Cl.O=C(NCc1ccco1)c1ccn(C2CCCNC2)n1. The van der Waals surface area contributed by atoms with E-state index in [0.717, 1.165) is 31.7 Å². The van der Waals surface area contributed by atoms with Crippen LogP contribution in [0.5, 0.6) is 0 Å². The van der Waals surface area contributed by atoms with Gasteiger partial charge in [0.25, 0.3) is 5.91 Å². The molecule has 1 atom stereocenters. The second-order valence-electron chi connectivity index (χ2n) is 4.94. The standard InChI is InChI=1S/C14H18N4O2.ClH/c19-14(16-10-12-4-2-8-20-12)13-5-7-18(17-13)11-3-1-6-15-9-11;/h2,4-5,7-8,11,15H,1,3,6,9-10H2,(H,16,19);1H. The molecule has 3 rings (SSSR count). The fourth-order valence-electron chi connectivity index (χ4n) is 2.39. The third-order valence-corrected chi connectivity index (χ3v) is 3.49. The molecule has 7 heteroatoms. The zero-order valence-electron chi connectivity index (χ0n) is 11.6. The molecule has 1 saturated heterocycles. The molecule has 6 nitrogen and oxygen atoms in total. The van der Waals surface area contributed by atoms with E-state index in [0.29, 0.717) is 18.3 Å². The van der Waals surface area contributed by atoms with E-state index in [4.69, 9.17) is 4.42 Å². The molecule has 0 bridgehead atoms. The van der Waals surface area contributed by atoms with Crippen molar-refractivity contribution in [2.24, 2.45) is 0 Å². The van der Waals surface area contributed by atoms with Gasteiger partial charge in [0.05, 0.1) is 18.8 Å². The molecule has 1 aliphatic heterocycles. The predicted octanol–water partition coefficient (Wildman–Crippen LogP) is 1.75. The van der Waals surface area contributed by atoms with Crippen LogP contribution in [-0.4, -0.2) is 28.8 Å². The quantitative estimate of drug-likeness (QED) is 0.902. The Hall–Kier alpha value is -1.79. The molecular weight excluding hydrogens is 292 g/mol. The summed E-state index contributed by atoms with van der Waals surface area (Å²) < 4.78 is 7.05. The fraction of sp³-hybridized carbons (Fsp3) is 0.429. The zero-order valence-corrected chi connectivity index (χ0v) is 12.4. The molecular formula is C14H19ClN4O2. The van der Waals surface area contributed by atoms with Crippen LogP contribution < -0.4 is 10.6 Å². The Morgan fingerprint density at radius 2 is 2.43 bits per heavy atom. The highest BCUT2D eigenvalue weighted by Crippen LogP contribution is 2.15. The molecule has 0 radical (unpaired) electrons. The van der Waals surface area contributed by atoms with Gasteiger partial charge in [-0.1, -0.05) is 0 Å². The van der Waals surface area contributed by atoms with Gasteiger partial charge in [-0.05, 0) is 37.6 Å². The van der Waals surface area contributed by atoms with E-state index in [1.165, 1.54) is 0 Å². The number of rotatable bonds is 4. The summed E-state index contributed by atoms with van der Waals surface area (Å²) in [6.07, 6.45) is 5.71. The number of hydrogen-bond donors (Lipinski definition) is 2. The van der Waals surface area contributed by atoms with Gasteiger partial charge < -0.3 is 15.1 Å². The molecule has 21 heavy (non-hydrogen) atoms. The molecule has 1 fully saturated rings.